The van der Waals surface area contributed by atoms with E-state index in [2.05, 4.69) is 9.97 Å². The minimum absolute atomic E-state index is 0.100. The first kappa shape index (κ1) is 17.5. The number of aryl methyl sites for hydroxylation is 1. The van der Waals surface area contributed by atoms with Crippen molar-refractivity contribution in [2.75, 3.05) is 7.11 Å². The molecule has 4 rings (SSSR count). The molecule has 5 N–H and O–H groups in total. The van der Waals surface area contributed by atoms with E-state index < -0.39 is 11.8 Å². The van der Waals surface area contributed by atoms with Gasteiger partial charge in [0, 0.05) is 22.4 Å². The fourth-order valence-electron chi connectivity index (χ4n) is 3.45. The number of aromatic nitrogens is 2. The molecule has 0 saturated heterocycles. The molecule has 0 atom stereocenters. The van der Waals surface area contributed by atoms with E-state index >= 15 is 0 Å². The third kappa shape index (κ3) is 2.38. The lowest BCUT2D eigenvalue weighted by Crippen LogP contribution is -2.15. The molecule has 8 heteroatoms. The van der Waals surface area contributed by atoms with Gasteiger partial charge >= 0.3 is 0 Å². The summed E-state index contributed by atoms with van der Waals surface area (Å²) in [5.74, 6) is -1.29. The van der Waals surface area contributed by atoms with Gasteiger partial charge in [-0.15, -0.1) is 0 Å². The molecule has 0 aliphatic carbocycles. The topological polar surface area (TPSA) is 141 Å². The lowest BCUT2D eigenvalue weighted by atomic mass is 9.97. The number of ether oxygens (including phenoxy) is 1. The van der Waals surface area contributed by atoms with Crippen molar-refractivity contribution in [2.45, 2.75) is 6.92 Å². The summed E-state index contributed by atoms with van der Waals surface area (Å²) in [5.41, 5.74) is 13.2. The van der Waals surface area contributed by atoms with Crippen LogP contribution >= 0.6 is 0 Å². The monoisotopic (exact) mass is 376 g/mol. The fraction of sp³-hybridized carbons (Fsp3) is 0.100. The summed E-state index contributed by atoms with van der Waals surface area (Å²) in [6, 6.07) is 8.11. The molecule has 0 bridgehead atoms. The van der Waals surface area contributed by atoms with Crippen molar-refractivity contribution in [2.24, 2.45) is 11.5 Å². The number of rotatable bonds is 3. The molecule has 0 radical (unpaired) electrons. The second-order valence-corrected chi connectivity index (χ2v) is 6.41. The number of fused-ring (bicyclic) bond motifs is 4. The van der Waals surface area contributed by atoms with Crippen molar-refractivity contribution < 1.29 is 19.4 Å². The zero-order valence-electron chi connectivity index (χ0n) is 15.1. The number of carbonyl (C=O) groups excluding carboxylic acids is 2. The SMILES string of the molecule is COc1cc2nc3c(nc2cc1C)c(C(N)=O)c(O)c1cccc(C(N)=O)c13. The Labute approximate surface area is 158 Å². The first-order valence-corrected chi connectivity index (χ1v) is 8.36. The van der Waals surface area contributed by atoms with Gasteiger partial charge in [-0.3, -0.25) is 9.59 Å². The average Bonchev–Trinajstić information content (AvgIpc) is 2.65. The van der Waals surface area contributed by atoms with Gasteiger partial charge in [-0.05, 0) is 24.6 Å². The molecule has 1 aromatic heterocycles. The Morgan fingerprint density at radius 3 is 2.36 bits per heavy atom. The number of nitrogens with zero attached hydrogens (tertiary/aromatic N) is 2. The van der Waals surface area contributed by atoms with Crippen LogP contribution in [0.5, 0.6) is 11.5 Å². The zero-order chi connectivity index (χ0) is 20.2. The minimum Gasteiger partial charge on any atom is -0.506 e. The van der Waals surface area contributed by atoms with Crippen molar-refractivity contribution in [1.82, 2.24) is 9.97 Å². The summed E-state index contributed by atoms with van der Waals surface area (Å²) in [4.78, 5) is 33.2. The molecule has 0 aliphatic rings. The van der Waals surface area contributed by atoms with E-state index in [1.54, 1.807) is 31.4 Å². The molecule has 2 amide bonds. The summed E-state index contributed by atoms with van der Waals surface area (Å²) < 4.78 is 5.34. The highest BCUT2D eigenvalue weighted by Gasteiger charge is 2.23. The van der Waals surface area contributed by atoms with E-state index in [1.807, 2.05) is 6.92 Å². The van der Waals surface area contributed by atoms with Crippen LogP contribution in [0.15, 0.2) is 30.3 Å². The second kappa shape index (κ2) is 6.05. The first-order valence-electron chi connectivity index (χ1n) is 8.36. The third-order valence-corrected chi connectivity index (χ3v) is 4.72. The smallest absolute Gasteiger partial charge is 0.254 e. The van der Waals surface area contributed by atoms with Gasteiger partial charge in [0.05, 0.1) is 23.7 Å². The van der Waals surface area contributed by atoms with Gasteiger partial charge in [-0.25, -0.2) is 9.97 Å². The number of aromatic hydroxyl groups is 1. The van der Waals surface area contributed by atoms with Crippen LogP contribution in [0.3, 0.4) is 0 Å². The van der Waals surface area contributed by atoms with Gasteiger partial charge in [0.2, 0.25) is 5.91 Å². The lowest BCUT2D eigenvalue weighted by molar-refractivity contribution is 0.0992. The van der Waals surface area contributed by atoms with Crippen molar-refractivity contribution >= 4 is 44.7 Å². The third-order valence-electron chi connectivity index (χ3n) is 4.72. The van der Waals surface area contributed by atoms with Gasteiger partial charge in [0.15, 0.2) is 0 Å². The van der Waals surface area contributed by atoms with Crippen LogP contribution in [0.25, 0.3) is 32.8 Å². The Hall–Kier alpha value is -3.94. The van der Waals surface area contributed by atoms with Crippen LogP contribution < -0.4 is 16.2 Å². The predicted molar refractivity (Wildman–Crippen MR) is 105 cm³/mol. The van der Waals surface area contributed by atoms with Crippen LogP contribution in [0.4, 0.5) is 0 Å². The fourth-order valence-corrected chi connectivity index (χ4v) is 3.45. The van der Waals surface area contributed by atoms with Crippen molar-refractivity contribution in [1.29, 1.82) is 0 Å². The molecule has 4 aromatic rings. The molecule has 0 fully saturated rings. The molecule has 0 spiro atoms. The van der Waals surface area contributed by atoms with Crippen LogP contribution in [-0.4, -0.2) is 34.0 Å². The van der Waals surface area contributed by atoms with E-state index in [0.717, 1.165) is 5.56 Å². The van der Waals surface area contributed by atoms with E-state index in [4.69, 9.17) is 16.2 Å². The molecule has 0 saturated carbocycles. The maximum absolute atomic E-state index is 12.1. The quantitative estimate of drug-likeness (QED) is 0.369. The zero-order valence-corrected chi connectivity index (χ0v) is 15.1. The predicted octanol–water partition coefficient (Wildman–Crippen LogP) is 2.16. The largest absolute Gasteiger partial charge is 0.506 e. The van der Waals surface area contributed by atoms with E-state index in [0.29, 0.717) is 22.2 Å². The molecule has 1 heterocycles. The molecule has 0 aliphatic heterocycles. The van der Waals surface area contributed by atoms with Gasteiger partial charge < -0.3 is 21.3 Å². The first-order chi connectivity index (χ1) is 13.3. The van der Waals surface area contributed by atoms with Gasteiger partial charge in [-0.1, -0.05) is 12.1 Å². The summed E-state index contributed by atoms with van der Waals surface area (Å²) in [5, 5.41) is 11.2. The number of phenols is 1. The molecule has 140 valence electrons. The van der Waals surface area contributed by atoms with Gasteiger partial charge in [0.1, 0.15) is 22.6 Å². The molecular weight excluding hydrogens is 360 g/mol. The Kier molecular flexibility index (Phi) is 3.78. The number of carbonyl (C=O) groups is 2. The van der Waals surface area contributed by atoms with Crippen LogP contribution in [0.2, 0.25) is 0 Å². The normalized spacial score (nSPS) is 11.2. The highest BCUT2D eigenvalue weighted by molar-refractivity contribution is 6.23. The number of nitrogens with two attached hydrogens (primary N) is 2. The maximum atomic E-state index is 12.1. The Morgan fingerprint density at radius 1 is 1.04 bits per heavy atom. The van der Waals surface area contributed by atoms with Crippen molar-refractivity contribution in [3.05, 3.63) is 47.0 Å². The molecule has 3 aromatic carbocycles. The van der Waals surface area contributed by atoms with E-state index in [1.165, 1.54) is 6.07 Å². The summed E-state index contributed by atoms with van der Waals surface area (Å²) in [6.45, 7) is 1.85. The van der Waals surface area contributed by atoms with Crippen molar-refractivity contribution in [3.63, 3.8) is 0 Å². The van der Waals surface area contributed by atoms with E-state index in [9.17, 15) is 14.7 Å². The second-order valence-electron chi connectivity index (χ2n) is 6.41. The number of benzene rings is 3. The molecule has 8 nitrogen and oxygen atoms in total. The Morgan fingerprint density at radius 2 is 1.71 bits per heavy atom. The van der Waals surface area contributed by atoms with E-state index in [-0.39, 0.29) is 33.3 Å². The molecule has 0 unspecified atom stereocenters. The average molecular weight is 376 g/mol. The Balaban J connectivity index is 2.32. The van der Waals surface area contributed by atoms with Gasteiger partial charge in [0.25, 0.3) is 5.91 Å². The highest BCUT2D eigenvalue weighted by atomic mass is 16.5. The summed E-state index contributed by atoms with van der Waals surface area (Å²) in [7, 11) is 1.55. The minimum atomic E-state index is -0.854. The standard InChI is InChI=1S/C20H16N4O4/c1-8-6-11-12(7-13(8)28-2)24-16-14-9(4-3-5-10(14)19(21)26)18(25)15(20(22)27)17(16)23-11/h3-7,25H,1-2H3,(H2,21,26)(H2,22,27). The number of amides is 2. The summed E-state index contributed by atoms with van der Waals surface area (Å²) >= 11 is 0. The van der Waals surface area contributed by atoms with Gasteiger partial charge in [-0.2, -0.15) is 0 Å². The Bertz CT molecular complexity index is 1330. The highest BCUT2D eigenvalue weighted by Crippen LogP contribution is 2.38. The number of hydrogen-bond acceptors (Lipinski definition) is 6. The summed E-state index contributed by atoms with van der Waals surface area (Å²) in [6.07, 6.45) is 0. The molecular formula is C20H16N4O4. The number of methoxy groups -OCH3 is 1. The maximum Gasteiger partial charge on any atom is 0.254 e. The van der Waals surface area contributed by atoms with Crippen LogP contribution in [-0.2, 0) is 0 Å². The van der Waals surface area contributed by atoms with Crippen LogP contribution in [0.1, 0.15) is 26.3 Å². The lowest BCUT2D eigenvalue weighted by Gasteiger charge is -2.14. The number of hydrogen-bond donors (Lipinski definition) is 3. The van der Waals surface area contributed by atoms with Crippen LogP contribution in [0, 0.1) is 6.92 Å². The van der Waals surface area contributed by atoms with Crippen molar-refractivity contribution in [3.8, 4) is 11.5 Å². The number of primary amides is 2. The molecule has 28 heavy (non-hydrogen) atoms.